The number of carbonyl (C=O) groups is 2. The predicted molar refractivity (Wildman–Crippen MR) is 132 cm³/mol. The minimum Gasteiger partial charge on any atom is -0.496 e. The second kappa shape index (κ2) is 10.0. The molecule has 2 amide bonds. The van der Waals surface area contributed by atoms with E-state index in [-0.39, 0.29) is 17.7 Å². The van der Waals surface area contributed by atoms with E-state index in [0.717, 1.165) is 33.4 Å². The lowest BCUT2D eigenvalue weighted by Gasteiger charge is -2.30. The zero-order valence-electron chi connectivity index (χ0n) is 19.8. The van der Waals surface area contributed by atoms with Gasteiger partial charge in [0.1, 0.15) is 17.1 Å². The summed E-state index contributed by atoms with van der Waals surface area (Å²) in [6, 6.07) is 11.7. The van der Waals surface area contributed by atoms with E-state index >= 15 is 0 Å². The first-order chi connectivity index (χ1) is 16.4. The first-order valence-corrected chi connectivity index (χ1v) is 11.5. The molecule has 0 spiro atoms. The molecule has 1 aromatic heterocycles. The van der Waals surface area contributed by atoms with Crippen molar-refractivity contribution >= 4 is 28.4 Å². The first-order valence-electron chi connectivity index (χ1n) is 11.5. The van der Waals surface area contributed by atoms with Crippen molar-refractivity contribution in [3.05, 3.63) is 54.3 Å². The summed E-state index contributed by atoms with van der Waals surface area (Å²) in [5.74, 6) is 0.924. The van der Waals surface area contributed by atoms with E-state index in [2.05, 4.69) is 0 Å². The lowest BCUT2D eigenvalue weighted by molar-refractivity contribution is -0.130. The molecular weight excluding hydrogens is 432 g/mol. The maximum absolute atomic E-state index is 12.9. The quantitative estimate of drug-likeness (QED) is 0.517. The number of primary amides is 1. The van der Waals surface area contributed by atoms with Gasteiger partial charge in [-0.1, -0.05) is 12.1 Å². The summed E-state index contributed by atoms with van der Waals surface area (Å²) in [4.78, 5) is 26.1. The molecule has 1 aliphatic rings. The van der Waals surface area contributed by atoms with Crippen LogP contribution in [0.5, 0.6) is 11.5 Å². The van der Waals surface area contributed by atoms with Crippen LogP contribution in [-0.2, 0) is 9.59 Å². The lowest BCUT2D eigenvalue weighted by Crippen LogP contribution is -2.41. The molecule has 0 saturated carbocycles. The molecule has 0 radical (unpaired) electrons. The van der Waals surface area contributed by atoms with E-state index in [1.54, 1.807) is 24.3 Å². The average Bonchev–Trinajstić information content (AvgIpc) is 3.26. The normalized spacial score (nSPS) is 14.9. The zero-order valence-corrected chi connectivity index (χ0v) is 19.8. The Hall–Kier alpha value is -3.74. The molecule has 1 fully saturated rings. The Morgan fingerprint density at radius 2 is 1.88 bits per heavy atom. The third kappa shape index (κ3) is 4.78. The molecule has 2 N–H and O–H groups in total. The van der Waals surface area contributed by atoms with E-state index in [0.29, 0.717) is 43.9 Å². The van der Waals surface area contributed by atoms with Gasteiger partial charge < -0.3 is 24.5 Å². The molecule has 0 bridgehead atoms. The highest BCUT2D eigenvalue weighted by molar-refractivity contribution is 6.00. The van der Waals surface area contributed by atoms with Crippen molar-refractivity contribution < 1.29 is 23.5 Å². The average molecular weight is 463 g/mol. The van der Waals surface area contributed by atoms with Gasteiger partial charge in [-0.3, -0.25) is 9.59 Å². The summed E-state index contributed by atoms with van der Waals surface area (Å²) >= 11 is 0. The van der Waals surface area contributed by atoms with Gasteiger partial charge in [0.2, 0.25) is 11.8 Å². The largest absolute Gasteiger partial charge is 0.496 e. The number of carbonyl (C=O) groups excluding carboxylic acids is 2. The number of allylic oxidation sites excluding steroid dienone is 1. The lowest BCUT2D eigenvalue weighted by atomic mass is 9.96. The smallest absolute Gasteiger partial charge is 0.246 e. The minimum absolute atomic E-state index is 0.0819. The number of fused-ring (bicyclic) bond motifs is 1. The number of likely N-dealkylation sites (tertiary alicyclic amines) is 1. The number of hydrogen-bond acceptors (Lipinski definition) is 5. The molecule has 0 unspecified atom stereocenters. The van der Waals surface area contributed by atoms with Gasteiger partial charge in [-0.05, 0) is 56.0 Å². The number of benzene rings is 2. The molecule has 2 aromatic carbocycles. The van der Waals surface area contributed by atoms with Crippen LogP contribution < -0.4 is 15.2 Å². The van der Waals surface area contributed by atoms with Gasteiger partial charge in [-0.15, -0.1) is 0 Å². The minimum atomic E-state index is -0.291. The number of piperidine rings is 1. The van der Waals surface area contributed by atoms with Gasteiger partial charge in [-0.2, -0.15) is 0 Å². The Balaban J connectivity index is 1.63. The van der Waals surface area contributed by atoms with Crippen molar-refractivity contribution in [3.63, 3.8) is 0 Å². The number of amides is 2. The molecule has 7 nitrogen and oxygen atoms in total. The van der Waals surface area contributed by atoms with Gasteiger partial charge in [-0.25, -0.2) is 0 Å². The van der Waals surface area contributed by atoms with Gasteiger partial charge in [0.15, 0.2) is 0 Å². The number of furan rings is 1. The van der Waals surface area contributed by atoms with E-state index < -0.39 is 0 Å². The van der Waals surface area contributed by atoms with E-state index in [9.17, 15) is 9.59 Å². The van der Waals surface area contributed by atoms with Crippen LogP contribution in [0.15, 0.2) is 53.2 Å². The molecule has 0 aliphatic carbocycles. The van der Waals surface area contributed by atoms with Crippen LogP contribution >= 0.6 is 0 Å². The van der Waals surface area contributed by atoms with E-state index in [4.69, 9.17) is 19.6 Å². The summed E-state index contributed by atoms with van der Waals surface area (Å²) in [6.07, 6.45) is 4.56. The van der Waals surface area contributed by atoms with Crippen molar-refractivity contribution in [2.24, 2.45) is 11.7 Å². The van der Waals surface area contributed by atoms with Crippen molar-refractivity contribution in [2.75, 3.05) is 26.8 Å². The number of nitrogens with zero attached hydrogens (tertiary/aromatic N) is 1. The number of ether oxygens (including phenoxy) is 2. The Labute approximate surface area is 199 Å². The van der Waals surface area contributed by atoms with Crippen molar-refractivity contribution in [3.8, 4) is 22.6 Å². The molecule has 4 rings (SSSR count). The molecular formula is C27H30N2O5. The van der Waals surface area contributed by atoms with E-state index in [1.807, 2.05) is 50.2 Å². The first kappa shape index (κ1) is 23.4. The summed E-state index contributed by atoms with van der Waals surface area (Å²) in [5.41, 5.74) is 9.69. The molecule has 0 atom stereocenters. The van der Waals surface area contributed by atoms with Crippen LogP contribution in [0.1, 0.15) is 32.3 Å². The number of rotatable bonds is 7. The fourth-order valence-corrected chi connectivity index (χ4v) is 4.39. The number of hydrogen-bond donors (Lipinski definition) is 1. The summed E-state index contributed by atoms with van der Waals surface area (Å²) in [5, 5.41) is 0.933. The summed E-state index contributed by atoms with van der Waals surface area (Å²) in [7, 11) is 1.60. The SMILES string of the molecule is CCOc1ccc(-c2coc3cc(OC)c(/C(C)=C/C(=O)N4CCC(C(N)=O)CC4)cc23)cc1. The van der Waals surface area contributed by atoms with Gasteiger partial charge in [0.25, 0.3) is 0 Å². The van der Waals surface area contributed by atoms with Gasteiger partial charge in [0.05, 0.1) is 20.0 Å². The zero-order chi connectivity index (χ0) is 24.2. The van der Waals surface area contributed by atoms with Gasteiger partial charge >= 0.3 is 0 Å². The monoisotopic (exact) mass is 462 g/mol. The van der Waals surface area contributed by atoms with E-state index in [1.165, 1.54) is 0 Å². The van der Waals surface area contributed by atoms with Crippen LogP contribution in [0, 0.1) is 5.92 Å². The molecule has 2 heterocycles. The van der Waals surface area contributed by atoms with Crippen molar-refractivity contribution in [1.29, 1.82) is 0 Å². The van der Waals surface area contributed by atoms with Gasteiger partial charge in [0, 0.05) is 47.7 Å². The highest BCUT2D eigenvalue weighted by atomic mass is 16.5. The third-order valence-electron chi connectivity index (χ3n) is 6.35. The maximum Gasteiger partial charge on any atom is 0.246 e. The van der Waals surface area contributed by atoms with Crippen LogP contribution in [-0.4, -0.2) is 43.5 Å². The van der Waals surface area contributed by atoms with Crippen LogP contribution in [0.2, 0.25) is 0 Å². The topological polar surface area (TPSA) is 95.0 Å². The summed E-state index contributed by atoms with van der Waals surface area (Å²) in [6.45, 7) is 5.52. The Morgan fingerprint density at radius 1 is 1.18 bits per heavy atom. The highest BCUT2D eigenvalue weighted by Crippen LogP contribution is 2.38. The third-order valence-corrected chi connectivity index (χ3v) is 6.35. The molecule has 178 valence electrons. The van der Waals surface area contributed by atoms with Crippen LogP contribution in [0.25, 0.3) is 27.7 Å². The number of methoxy groups -OCH3 is 1. The van der Waals surface area contributed by atoms with Crippen molar-refractivity contribution in [1.82, 2.24) is 4.90 Å². The predicted octanol–water partition coefficient (Wildman–Crippen LogP) is 4.63. The van der Waals surface area contributed by atoms with Crippen molar-refractivity contribution in [2.45, 2.75) is 26.7 Å². The maximum atomic E-state index is 12.9. The molecule has 3 aromatic rings. The molecule has 1 saturated heterocycles. The Kier molecular flexibility index (Phi) is 6.91. The molecule has 34 heavy (non-hydrogen) atoms. The molecule has 7 heteroatoms. The second-order valence-electron chi connectivity index (χ2n) is 8.48. The Bertz CT molecular complexity index is 1220. The summed E-state index contributed by atoms with van der Waals surface area (Å²) < 4.78 is 17.0. The second-order valence-corrected chi connectivity index (χ2v) is 8.48. The standard InChI is InChI=1S/C27H30N2O5/c1-4-33-20-7-5-18(6-8-20)23-16-34-25-15-24(32-3)21(14-22(23)25)17(2)13-26(30)29-11-9-19(10-12-29)27(28)31/h5-8,13-16,19H,4,9-12H2,1-3H3,(H2,28,31)/b17-13+. The van der Waals surface area contributed by atoms with Crippen LogP contribution in [0.3, 0.4) is 0 Å². The fraction of sp³-hybridized carbons (Fsp3) is 0.333. The van der Waals surface area contributed by atoms with Crippen LogP contribution in [0.4, 0.5) is 0 Å². The fourth-order valence-electron chi connectivity index (χ4n) is 4.39. The highest BCUT2D eigenvalue weighted by Gasteiger charge is 2.25. The Morgan fingerprint density at radius 3 is 2.50 bits per heavy atom. The molecule has 1 aliphatic heterocycles. The number of nitrogens with two attached hydrogens (primary N) is 1.